The summed E-state index contributed by atoms with van der Waals surface area (Å²) in [7, 11) is 0. The molecular weight excluding hydrogens is 326 g/mol. The number of aromatic amines is 1. The van der Waals surface area contributed by atoms with Crippen LogP contribution in [-0.4, -0.2) is 15.5 Å². The van der Waals surface area contributed by atoms with Crippen LogP contribution in [0.5, 0.6) is 0 Å². The van der Waals surface area contributed by atoms with Crippen molar-refractivity contribution < 1.29 is 4.79 Å². The van der Waals surface area contributed by atoms with Crippen molar-refractivity contribution in [3.05, 3.63) is 84.8 Å². The number of carbonyl (C=O) groups excluding carboxylic acids is 1. The number of aromatic nitrogens is 2. The van der Waals surface area contributed by atoms with Crippen LogP contribution in [0.1, 0.15) is 20.8 Å². The summed E-state index contributed by atoms with van der Waals surface area (Å²) in [5.41, 5.74) is 0.389. The lowest BCUT2D eigenvalue weighted by Gasteiger charge is -2.07. The van der Waals surface area contributed by atoms with Gasteiger partial charge in [0.1, 0.15) is 5.56 Å². The zero-order chi connectivity index (χ0) is 17.1. The monoisotopic (exact) mass is 341 g/mol. The van der Waals surface area contributed by atoms with Crippen LogP contribution in [-0.2, 0) is 6.54 Å². The summed E-state index contributed by atoms with van der Waals surface area (Å²) in [5.74, 6) is -0.556. The third-order valence-electron chi connectivity index (χ3n) is 3.51. The van der Waals surface area contributed by atoms with Crippen molar-refractivity contribution in [2.45, 2.75) is 13.5 Å². The van der Waals surface area contributed by atoms with Gasteiger partial charge in [0.25, 0.3) is 11.5 Å². The Hall–Kier alpha value is -2.93. The maximum Gasteiger partial charge on any atom is 0.328 e. The number of nitrogens with one attached hydrogen (secondary N) is 2. The molecule has 0 aliphatic heterocycles. The van der Waals surface area contributed by atoms with E-state index in [0.717, 1.165) is 21.2 Å². The van der Waals surface area contributed by atoms with Gasteiger partial charge in [0.05, 0.1) is 6.54 Å². The van der Waals surface area contributed by atoms with Gasteiger partial charge in [0, 0.05) is 16.8 Å². The number of H-pyrrole nitrogens is 1. The second-order valence-electron chi connectivity index (χ2n) is 5.30. The molecule has 2 heterocycles. The van der Waals surface area contributed by atoms with Gasteiger partial charge >= 0.3 is 5.69 Å². The summed E-state index contributed by atoms with van der Waals surface area (Å²) in [6.07, 6.45) is 1.15. The van der Waals surface area contributed by atoms with E-state index in [0.29, 0.717) is 5.69 Å². The topological polar surface area (TPSA) is 84.0 Å². The van der Waals surface area contributed by atoms with Crippen LogP contribution in [0.4, 0.5) is 5.69 Å². The normalized spacial score (nSPS) is 10.5. The zero-order valence-corrected chi connectivity index (χ0v) is 13.7. The summed E-state index contributed by atoms with van der Waals surface area (Å²) in [5, 5.41) is 4.52. The highest BCUT2D eigenvalue weighted by Gasteiger charge is 2.15. The molecule has 3 rings (SSSR count). The minimum Gasteiger partial charge on any atom is -0.322 e. The molecule has 6 nitrogen and oxygen atoms in total. The van der Waals surface area contributed by atoms with Crippen molar-refractivity contribution in [2.75, 3.05) is 5.32 Å². The van der Waals surface area contributed by atoms with Crippen LogP contribution in [0.15, 0.2) is 57.6 Å². The molecule has 0 saturated heterocycles. The predicted molar refractivity (Wildman–Crippen MR) is 93.9 cm³/mol. The first-order valence-corrected chi connectivity index (χ1v) is 8.15. The Morgan fingerprint density at radius 2 is 1.96 bits per heavy atom. The third-order valence-corrected chi connectivity index (χ3v) is 4.37. The number of benzene rings is 1. The van der Waals surface area contributed by atoms with Gasteiger partial charge in [-0.1, -0.05) is 23.8 Å². The Morgan fingerprint density at radius 1 is 1.21 bits per heavy atom. The van der Waals surface area contributed by atoms with Crippen molar-refractivity contribution in [1.29, 1.82) is 0 Å². The Balaban J connectivity index is 1.90. The SMILES string of the molecule is Cc1ccc(NC(=O)c2c[nH]c(=O)n(Cc3cccs3)c2=O)cc1. The van der Waals surface area contributed by atoms with Crippen molar-refractivity contribution >= 4 is 22.9 Å². The second kappa shape index (κ2) is 6.67. The van der Waals surface area contributed by atoms with Gasteiger partial charge in [0.15, 0.2) is 0 Å². The van der Waals surface area contributed by atoms with E-state index in [2.05, 4.69) is 10.3 Å². The fraction of sp³-hybridized carbons (Fsp3) is 0.118. The molecule has 0 fully saturated rings. The molecule has 0 aliphatic rings. The molecule has 0 aliphatic carbocycles. The van der Waals surface area contributed by atoms with Gasteiger partial charge in [0.2, 0.25) is 0 Å². The Kier molecular flexibility index (Phi) is 4.43. The highest BCUT2D eigenvalue weighted by atomic mass is 32.1. The minimum atomic E-state index is -0.614. The molecule has 2 aromatic heterocycles. The van der Waals surface area contributed by atoms with Gasteiger partial charge in [-0.15, -0.1) is 11.3 Å². The van der Waals surface area contributed by atoms with Crippen LogP contribution in [0.2, 0.25) is 0 Å². The highest BCUT2D eigenvalue weighted by molar-refractivity contribution is 7.09. The molecule has 7 heteroatoms. The van der Waals surface area contributed by atoms with E-state index < -0.39 is 17.2 Å². The number of amides is 1. The van der Waals surface area contributed by atoms with Gasteiger partial charge in [-0.25, -0.2) is 4.79 Å². The van der Waals surface area contributed by atoms with Gasteiger partial charge < -0.3 is 10.3 Å². The fourth-order valence-electron chi connectivity index (χ4n) is 2.21. The number of thiophene rings is 1. The molecule has 1 amide bonds. The smallest absolute Gasteiger partial charge is 0.322 e. The largest absolute Gasteiger partial charge is 0.328 e. The lowest BCUT2D eigenvalue weighted by Crippen LogP contribution is -2.39. The first kappa shape index (κ1) is 15.9. The summed E-state index contributed by atoms with van der Waals surface area (Å²) in [6, 6.07) is 10.9. The molecular formula is C17H15N3O3S. The van der Waals surface area contributed by atoms with E-state index in [-0.39, 0.29) is 12.1 Å². The van der Waals surface area contributed by atoms with Crippen LogP contribution in [0, 0.1) is 6.92 Å². The molecule has 122 valence electrons. The van der Waals surface area contributed by atoms with Crippen LogP contribution in [0.25, 0.3) is 0 Å². The Labute approximate surface area is 141 Å². The lowest BCUT2D eigenvalue weighted by molar-refractivity contribution is 0.102. The first-order valence-electron chi connectivity index (χ1n) is 7.27. The molecule has 0 unspecified atom stereocenters. The first-order chi connectivity index (χ1) is 11.5. The zero-order valence-electron chi connectivity index (χ0n) is 12.9. The third kappa shape index (κ3) is 3.36. The fourth-order valence-corrected chi connectivity index (χ4v) is 2.90. The number of hydrogen-bond donors (Lipinski definition) is 2. The molecule has 0 radical (unpaired) electrons. The summed E-state index contributed by atoms with van der Waals surface area (Å²) >= 11 is 1.44. The summed E-state index contributed by atoms with van der Waals surface area (Å²) in [4.78, 5) is 40.1. The minimum absolute atomic E-state index is 0.105. The van der Waals surface area contributed by atoms with Crippen LogP contribution < -0.4 is 16.6 Å². The highest BCUT2D eigenvalue weighted by Crippen LogP contribution is 2.10. The van der Waals surface area contributed by atoms with Gasteiger partial charge in [-0.3, -0.25) is 14.2 Å². The van der Waals surface area contributed by atoms with Gasteiger partial charge in [-0.05, 0) is 30.5 Å². The maximum atomic E-state index is 12.5. The van der Waals surface area contributed by atoms with Crippen LogP contribution in [0.3, 0.4) is 0 Å². The quantitative estimate of drug-likeness (QED) is 0.763. The maximum absolute atomic E-state index is 12.5. The molecule has 24 heavy (non-hydrogen) atoms. The van der Waals surface area contributed by atoms with E-state index in [1.165, 1.54) is 11.3 Å². The number of hydrogen-bond acceptors (Lipinski definition) is 4. The molecule has 0 bridgehead atoms. The number of aryl methyl sites for hydroxylation is 1. The number of rotatable bonds is 4. The summed E-state index contributed by atoms with van der Waals surface area (Å²) in [6.45, 7) is 2.08. The molecule has 3 aromatic rings. The van der Waals surface area contributed by atoms with E-state index in [9.17, 15) is 14.4 Å². The van der Waals surface area contributed by atoms with Crippen molar-refractivity contribution in [3.63, 3.8) is 0 Å². The van der Waals surface area contributed by atoms with E-state index in [4.69, 9.17) is 0 Å². The molecule has 1 aromatic carbocycles. The molecule has 0 spiro atoms. The van der Waals surface area contributed by atoms with Crippen molar-refractivity contribution in [2.24, 2.45) is 0 Å². The van der Waals surface area contributed by atoms with Crippen LogP contribution >= 0.6 is 11.3 Å². The molecule has 2 N–H and O–H groups in total. The Morgan fingerprint density at radius 3 is 2.62 bits per heavy atom. The standard InChI is InChI=1S/C17H15N3O3S/c1-11-4-6-12(7-5-11)19-15(21)14-9-18-17(23)20(16(14)22)10-13-3-2-8-24-13/h2-9H,10H2,1H3,(H,18,23)(H,19,21). The predicted octanol–water partition coefficient (Wildman–Crippen LogP) is 2.21. The number of anilines is 1. The van der Waals surface area contributed by atoms with Crippen molar-refractivity contribution in [1.82, 2.24) is 9.55 Å². The van der Waals surface area contributed by atoms with Gasteiger partial charge in [-0.2, -0.15) is 0 Å². The average Bonchev–Trinajstić information content (AvgIpc) is 3.06. The average molecular weight is 341 g/mol. The van der Waals surface area contributed by atoms with E-state index in [1.807, 2.05) is 36.6 Å². The van der Waals surface area contributed by atoms with E-state index in [1.54, 1.807) is 12.1 Å². The summed E-state index contributed by atoms with van der Waals surface area (Å²) < 4.78 is 1.02. The molecule has 0 saturated carbocycles. The number of nitrogens with zero attached hydrogens (tertiary/aromatic N) is 1. The van der Waals surface area contributed by atoms with Crippen molar-refractivity contribution in [3.8, 4) is 0 Å². The lowest BCUT2D eigenvalue weighted by atomic mass is 10.2. The molecule has 0 atom stereocenters. The second-order valence-corrected chi connectivity index (χ2v) is 6.33. The number of carbonyl (C=O) groups is 1. The van der Waals surface area contributed by atoms with E-state index >= 15 is 0 Å². The Bertz CT molecular complexity index is 970.